The molecule has 0 amide bonds. The fourth-order valence-corrected chi connectivity index (χ4v) is 3.73. The lowest BCUT2D eigenvalue weighted by atomic mass is 10.2. The number of methoxy groups -OCH3 is 1. The Morgan fingerprint density at radius 1 is 1.19 bits per heavy atom. The third-order valence-corrected chi connectivity index (χ3v) is 5.28. The van der Waals surface area contributed by atoms with Crippen LogP contribution in [0.2, 0.25) is 0 Å². The van der Waals surface area contributed by atoms with Gasteiger partial charge in [0, 0.05) is 28.1 Å². The number of halogens is 1. The van der Waals surface area contributed by atoms with Crippen molar-refractivity contribution in [3.05, 3.63) is 71.3 Å². The molecule has 0 aliphatic heterocycles. The fourth-order valence-electron chi connectivity index (χ4n) is 2.52. The summed E-state index contributed by atoms with van der Waals surface area (Å²) in [4.78, 5) is 8.90. The molecule has 0 spiro atoms. The first-order valence-corrected chi connectivity index (χ1v) is 9.90. The lowest BCUT2D eigenvalue weighted by molar-refractivity contribution is 0.391. The van der Waals surface area contributed by atoms with Gasteiger partial charge in [-0.25, -0.2) is 4.98 Å². The minimum Gasteiger partial charge on any atom is -0.497 e. The topological polar surface area (TPSA) is 66.0 Å². The summed E-state index contributed by atoms with van der Waals surface area (Å²) in [6.07, 6.45) is 3.69. The maximum atomic E-state index is 5.38. The Morgan fingerprint density at radius 2 is 2.04 bits per heavy atom. The van der Waals surface area contributed by atoms with Crippen LogP contribution in [0.25, 0.3) is 17.1 Å². The molecule has 2 heterocycles. The molecule has 0 radical (unpaired) electrons. The van der Waals surface area contributed by atoms with Gasteiger partial charge in [0.2, 0.25) is 11.7 Å². The second-order valence-corrected chi connectivity index (χ2v) is 7.45. The molecule has 0 aliphatic rings. The molecule has 0 saturated carbocycles. The molecule has 136 valence electrons. The number of benzene rings is 2. The minimum atomic E-state index is 0.536. The summed E-state index contributed by atoms with van der Waals surface area (Å²) in [5.41, 5.74) is 1.92. The van der Waals surface area contributed by atoms with E-state index in [4.69, 9.17) is 9.26 Å². The van der Waals surface area contributed by atoms with Crippen LogP contribution in [0.5, 0.6) is 5.75 Å². The van der Waals surface area contributed by atoms with Gasteiger partial charge in [0.1, 0.15) is 5.75 Å². The van der Waals surface area contributed by atoms with Crippen LogP contribution in [-0.4, -0.2) is 26.8 Å². The molecular formula is C19H15BrN4O2S. The van der Waals surface area contributed by atoms with Gasteiger partial charge in [-0.05, 0) is 36.4 Å². The minimum absolute atomic E-state index is 0.536. The molecule has 2 aromatic carbocycles. The zero-order valence-electron chi connectivity index (χ0n) is 14.4. The van der Waals surface area contributed by atoms with E-state index in [1.165, 1.54) is 11.8 Å². The van der Waals surface area contributed by atoms with Crippen molar-refractivity contribution < 1.29 is 9.26 Å². The van der Waals surface area contributed by atoms with Gasteiger partial charge >= 0.3 is 0 Å². The molecule has 8 heteroatoms. The first-order valence-electron chi connectivity index (χ1n) is 8.12. The second-order valence-electron chi connectivity index (χ2n) is 5.59. The first-order chi connectivity index (χ1) is 13.2. The van der Waals surface area contributed by atoms with E-state index in [9.17, 15) is 0 Å². The summed E-state index contributed by atoms with van der Waals surface area (Å²) >= 11 is 4.99. The van der Waals surface area contributed by atoms with Gasteiger partial charge in [-0.3, -0.25) is 4.57 Å². The first kappa shape index (κ1) is 17.8. The third kappa shape index (κ3) is 4.06. The van der Waals surface area contributed by atoms with E-state index in [0.717, 1.165) is 26.6 Å². The normalized spacial score (nSPS) is 10.9. The predicted molar refractivity (Wildman–Crippen MR) is 107 cm³/mol. The highest BCUT2D eigenvalue weighted by molar-refractivity contribution is 9.10. The largest absolute Gasteiger partial charge is 0.497 e. The van der Waals surface area contributed by atoms with E-state index >= 15 is 0 Å². The smallest absolute Gasteiger partial charge is 0.237 e. The van der Waals surface area contributed by atoms with Gasteiger partial charge < -0.3 is 9.26 Å². The van der Waals surface area contributed by atoms with Crippen LogP contribution in [0, 0.1) is 0 Å². The van der Waals surface area contributed by atoms with E-state index in [0.29, 0.717) is 17.5 Å². The van der Waals surface area contributed by atoms with E-state index in [1.54, 1.807) is 13.3 Å². The maximum absolute atomic E-state index is 5.38. The number of ether oxygens (including phenoxy) is 1. The van der Waals surface area contributed by atoms with Gasteiger partial charge in [0.25, 0.3) is 0 Å². The van der Waals surface area contributed by atoms with Gasteiger partial charge in [0.05, 0.1) is 12.9 Å². The summed E-state index contributed by atoms with van der Waals surface area (Å²) in [5, 5.41) is 4.92. The Balaban J connectivity index is 1.48. The van der Waals surface area contributed by atoms with E-state index < -0.39 is 0 Å². The Labute approximate surface area is 168 Å². The molecule has 2 aromatic heterocycles. The van der Waals surface area contributed by atoms with Crippen LogP contribution in [0.15, 0.2) is 75.1 Å². The van der Waals surface area contributed by atoms with E-state index in [-0.39, 0.29) is 0 Å². The quantitative estimate of drug-likeness (QED) is 0.392. The number of nitrogens with zero attached hydrogens (tertiary/aromatic N) is 4. The number of aromatic nitrogens is 4. The highest BCUT2D eigenvalue weighted by Gasteiger charge is 2.12. The molecule has 6 nitrogen and oxygen atoms in total. The van der Waals surface area contributed by atoms with Crippen LogP contribution in [-0.2, 0) is 5.75 Å². The van der Waals surface area contributed by atoms with Crippen LogP contribution in [0.4, 0.5) is 0 Å². The van der Waals surface area contributed by atoms with Crippen molar-refractivity contribution in [1.82, 2.24) is 19.7 Å². The van der Waals surface area contributed by atoms with Gasteiger partial charge in [-0.15, -0.1) is 0 Å². The second kappa shape index (κ2) is 7.98. The summed E-state index contributed by atoms with van der Waals surface area (Å²) < 4.78 is 13.6. The number of hydrogen-bond acceptors (Lipinski definition) is 6. The lowest BCUT2D eigenvalue weighted by Crippen LogP contribution is -1.95. The Hall–Kier alpha value is -2.58. The highest BCUT2D eigenvalue weighted by Crippen LogP contribution is 2.26. The fraction of sp³-hybridized carbons (Fsp3) is 0.105. The zero-order valence-corrected chi connectivity index (χ0v) is 16.8. The molecule has 0 unspecified atom stereocenters. The van der Waals surface area contributed by atoms with E-state index in [2.05, 4.69) is 31.1 Å². The Kier molecular flexibility index (Phi) is 5.26. The van der Waals surface area contributed by atoms with E-state index in [1.807, 2.05) is 59.3 Å². The molecule has 4 rings (SSSR count). The lowest BCUT2D eigenvalue weighted by Gasteiger charge is -2.07. The monoisotopic (exact) mass is 442 g/mol. The standard InChI is InChI=1S/C19H15BrN4O2S/c1-25-16-7-5-15(6-8-16)24-10-9-21-19(24)27-12-17-22-18(23-26-17)13-3-2-4-14(20)11-13/h2-11H,12H2,1H3. The van der Waals surface area contributed by atoms with Gasteiger partial charge in [-0.2, -0.15) is 4.98 Å². The summed E-state index contributed by atoms with van der Waals surface area (Å²) in [5.74, 6) is 2.48. The van der Waals surface area contributed by atoms with Crippen molar-refractivity contribution in [3.8, 4) is 22.8 Å². The predicted octanol–water partition coefficient (Wildman–Crippen LogP) is 4.99. The summed E-state index contributed by atoms with van der Waals surface area (Å²) in [7, 11) is 1.65. The molecule has 0 bridgehead atoms. The van der Waals surface area contributed by atoms with Crippen LogP contribution >= 0.6 is 27.7 Å². The molecule has 0 fully saturated rings. The highest BCUT2D eigenvalue weighted by atomic mass is 79.9. The number of hydrogen-bond donors (Lipinski definition) is 0. The average Bonchev–Trinajstić information content (AvgIpc) is 3.36. The Bertz CT molecular complexity index is 1050. The van der Waals surface area contributed by atoms with Crippen molar-refractivity contribution in [2.75, 3.05) is 7.11 Å². The molecule has 0 atom stereocenters. The molecule has 0 N–H and O–H groups in total. The van der Waals surface area contributed by atoms with Gasteiger partial charge in [0.15, 0.2) is 5.16 Å². The van der Waals surface area contributed by atoms with Crippen molar-refractivity contribution in [2.45, 2.75) is 10.9 Å². The van der Waals surface area contributed by atoms with Crippen molar-refractivity contribution in [1.29, 1.82) is 0 Å². The summed E-state index contributed by atoms with van der Waals surface area (Å²) in [6.45, 7) is 0. The molecular weight excluding hydrogens is 428 g/mol. The van der Waals surface area contributed by atoms with Crippen molar-refractivity contribution in [3.63, 3.8) is 0 Å². The van der Waals surface area contributed by atoms with Crippen molar-refractivity contribution in [2.24, 2.45) is 0 Å². The Morgan fingerprint density at radius 3 is 2.81 bits per heavy atom. The molecule has 27 heavy (non-hydrogen) atoms. The third-order valence-electron chi connectivity index (χ3n) is 3.83. The number of rotatable bonds is 6. The SMILES string of the molecule is COc1ccc(-n2ccnc2SCc2nc(-c3cccc(Br)c3)no2)cc1. The number of thioether (sulfide) groups is 1. The average molecular weight is 443 g/mol. The zero-order chi connectivity index (χ0) is 18.6. The molecule has 0 aliphatic carbocycles. The van der Waals surface area contributed by atoms with Crippen LogP contribution in [0.3, 0.4) is 0 Å². The summed E-state index contributed by atoms with van der Waals surface area (Å²) in [6, 6.07) is 15.6. The maximum Gasteiger partial charge on any atom is 0.237 e. The molecule has 0 saturated heterocycles. The molecule has 4 aromatic rings. The van der Waals surface area contributed by atoms with Gasteiger partial charge in [-0.1, -0.05) is 45.0 Å². The van der Waals surface area contributed by atoms with Crippen molar-refractivity contribution >= 4 is 27.7 Å². The van der Waals surface area contributed by atoms with Crippen LogP contribution in [0.1, 0.15) is 5.89 Å². The number of imidazole rings is 1. The van der Waals surface area contributed by atoms with Crippen LogP contribution < -0.4 is 4.74 Å².